The maximum atomic E-state index is 11.4. The first kappa shape index (κ1) is 12.5. The van der Waals surface area contributed by atoms with Crippen LogP contribution in [0.5, 0.6) is 0 Å². The van der Waals surface area contributed by atoms with E-state index in [1.807, 2.05) is 0 Å². The zero-order valence-corrected chi connectivity index (χ0v) is 9.80. The molecule has 0 aromatic heterocycles. The molecule has 17 heavy (non-hydrogen) atoms. The highest BCUT2D eigenvalue weighted by Crippen LogP contribution is 2.12. The Balaban J connectivity index is 1.84. The van der Waals surface area contributed by atoms with Crippen LogP contribution in [0.2, 0.25) is 0 Å². The molecule has 0 spiro atoms. The van der Waals surface area contributed by atoms with Gasteiger partial charge in [-0.2, -0.15) is 0 Å². The predicted octanol–water partition coefficient (Wildman–Crippen LogP) is -1.17. The van der Waals surface area contributed by atoms with E-state index in [1.165, 1.54) is 4.90 Å². The molecule has 2 fully saturated rings. The quantitative estimate of drug-likeness (QED) is 0.629. The van der Waals surface area contributed by atoms with Crippen LogP contribution in [0, 0.1) is 0 Å². The molecule has 2 aliphatic rings. The summed E-state index contributed by atoms with van der Waals surface area (Å²) < 4.78 is 5.27. The van der Waals surface area contributed by atoms with Crippen LogP contribution in [0.1, 0.15) is 12.8 Å². The summed E-state index contributed by atoms with van der Waals surface area (Å²) in [4.78, 5) is 26.2. The zero-order valence-electron chi connectivity index (χ0n) is 9.80. The Hall–Kier alpha value is -0.980. The Kier molecular flexibility index (Phi) is 4.09. The highest BCUT2D eigenvalue weighted by atomic mass is 16.5. The van der Waals surface area contributed by atoms with Gasteiger partial charge in [-0.3, -0.25) is 19.4 Å². The van der Waals surface area contributed by atoms with Gasteiger partial charge in [-0.25, -0.2) is 0 Å². The Morgan fingerprint density at radius 1 is 1.24 bits per heavy atom. The van der Waals surface area contributed by atoms with E-state index in [-0.39, 0.29) is 24.5 Å². The van der Waals surface area contributed by atoms with Crippen LogP contribution in [0.15, 0.2) is 0 Å². The molecular formula is C11H18N2O4. The molecule has 1 atom stereocenters. The van der Waals surface area contributed by atoms with E-state index >= 15 is 0 Å². The zero-order chi connectivity index (χ0) is 12.3. The Morgan fingerprint density at radius 2 is 1.94 bits per heavy atom. The Labute approximate surface area is 100 Å². The summed E-state index contributed by atoms with van der Waals surface area (Å²) in [6, 6.07) is -0.0171. The lowest BCUT2D eigenvalue weighted by Crippen LogP contribution is -2.50. The smallest absolute Gasteiger partial charge is 0.229 e. The summed E-state index contributed by atoms with van der Waals surface area (Å²) in [7, 11) is 0. The fraction of sp³-hybridized carbons (Fsp3) is 0.818. The number of carbonyl (C=O) groups is 2. The van der Waals surface area contributed by atoms with E-state index in [2.05, 4.69) is 4.90 Å². The molecular weight excluding hydrogens is 224 g/mol. The summed E-state index contributed by atoms with van der Waals surface area (Å²) in [5, 5.41) is 9.19. The third-order valence-electron chi connectivity index (χ3n) is 3.33. The maximum absolute atomic E-state index is 11.4. The molecule has 6 nitrogen and oxygen atoms in total. The lowest BCUT2D eigenvalue weighted by Gasteiger charge is -2.35. The van der Waals surface area contributed by atoms with Crippen LogP contribution in [-0.2, 0) is 14.3 Å². The van der Waals surface area contributed by atoms with Crippen LogP contribution in [0.25, 0.3) is 0 Å². The largest absolute Gasteiger partial charge is 0.395 e. The van der Waals surface area contributed by atoms with Gasteiger partial charge in [-0.15, -0.1) is 0 Å². The highest BCUT2D eigenvalue weighted by Gasteiger charge is 2.30. The standard InChI is InChI=1S/C11H18N2O4/c14-7-9-8-17-6-5-12(9)3-4-13-10(15)1-2-11(13)16/h9,14H,1-8H2. The molecule has 0 bridgehead atoms. The fourth-order valence-corrected chi connectivity index (χ4v) is 2.25. The van der Waals surface area contributed by atoms with E-state index in [0.717, 1.165) is 6.54 Å². The van der Waals surface area contributed by atoms with Crippen LogP contribution in [0.4, 0.5) is 0 Å². The minimum atomic E-state index is -0.0798. The van der Waals surface area contributed by atoms with Gasteiger partial charge in [0.05, 0.1) is 25.9 Å². The van der Waals surface area contributed by atoms with E-state index in [1.54, 1.807) is 0 Å². The number of hydrogen-bond acceptors (Lipinski definition) is 5. The van der Waals surface area contributed by atoms with Crippen molar-refractivity contribution in [1.29, 1.82) is 0 Å². The number of aliphatic hydroxyl groups is 1. The summed E-state index contributed by atoms with van der Waals surface area (Å²) in [5.74, 6) is -0.160. The second kappa shape index (κ2) is 5.57. The Bertz CT molecular complexity index is 292. The number of ether oxygens (including phenoxy) is 1. The molecule has 2 amide bonds. The molecule has 2 aliphatic heterocycles. The topological polar surface area (TPSA) is 70.1 Å². The molecule has 0 aromatic carbocycles. The van der Waals surface area contributed by atoms with Gasteiger partial charge < -0.3 is 9.84 Å². The summed E-state index contributed by atoms with van der Waals surface area (Å²) in [6.07, 6.45) is 0.677. The molecule has 2 rings (SSSR count). The molecule has 0 aliphatic carbocycles. The van der Waals surface area contributed by atoms with E-state index in [4.69, 9.17) is 4.74 Å². The number of aliphatic hydroxyl groups excluding tert-OH is 1. The van der Waals surface area contributed by atoms with Gasteiger partial charge in [0.2, 0.25) is 11.8 Å². The number of amides is 2. The van der Waals surface area contributed by atoms with Crippen molar-refractivity contribution in [3.8, 4) is 0 Å². The minimum absolute atomic E-state index is 0.0171. The van der Waals surface area contributed by atoms with Gasteiger partial charge in [0.25, 0.3) is 0 Å². The molecule has 2 heterocycles. The van der Waals surface area contributed by atoms with Gasteiger partial charge in [0.15, 0.2) is 0 Å². The predicted molar refractivity (Wildman–Crippen MR) is 59.2 cm³/mol. The summed E-state index contributed by atoms with van der Waals surface area (Å²) in [6.45, 7) is 2.97. The highest BCUT2D eigenvalue weighted by molar-refractivity contribution is 6.01. The van der Waals surface area contributed by atoms with Crippen LogP contribution in [0.3, 0.4) is 0 Å². The third-order valence-corrected chi connectivity index (χ3v) is 3.33. The average molecular weight is 242 g/mol. The van der Waals surface area contributed by atoms with Crippen molar-refractivity contribution >= 4 is 11.8 Å². The molecule has 0 aromatic rings. The van der Waals surface area contributed by atoms with Gasteiger partial charge in [-0.1, -0.05) is 0 Å². The van der Waals surface area contributed by atoms with Crippen molar-refractivity contribution in [2.75, 3.05) is 39.5 Å². The van der Waals surface area contributed by atoms with E-state index in [9.17, 15) is 14.7 Å². The minimum Gasteiger partial charge on any atom is -0.395 e. The van der Waals surface area contributed by atoms with Gasteiger partial charge >= 0.3 is 0 Å². The van der Waals surface area contributed by atoms with Crippen LogP contribution < -0.4 is 0 Å². The lowest BCUT2D eigenvalue weighted by atomic mass is 10.2. The molecule has 6 heteroatoms. The van der Waals surface area contributed by atoms with Crippen molar-refractivity contribution < 1.29 is 19.4 Å². The normalized spacial score (nSPS) is 26.9. The number of imide groups is 1. The first-order valence-corrected chi connectivity index (χ1v) is 5.98. The monoisotopic (exact) mass is 242 g/mol. The molecule has 0 radical (unpaired) electrons. The number of morpholine rings is 1. The molecule has 0 saturated carbocycles. The summed E-state index contributed by atoms with van der Waals surface area (Å²) >= 11 is 0. The molecule has 1 unspecified atom stereocenters. The second-order valence-electron chi connectivity index (χ2n) is 4.39. The average Bonchev–Trinajstić information content (AvgIpc) is 2.67. The van der Waals surface area contributed by atoms with E-state index < -0.39 is 0 Å². The van der Waals surface area contributed by atoms with Gasteiger partial charge in [0.1, 0.15) is 0 Å². The van der Waals surface area contributed by atoms with Gasteiger partial charge in [0, 0.05) is 32.5 Å². The van der Waals surface area contributed by atoms with Crippen LogP contribution in [-0.4, -0.2) is 72.2 Å². The molecule has 1 N–H and O–H groups in total. The Morgan fingerprint density at radius 3 is 2.59 bits per heavy atom. The van der Waals surface area contributed by atoms with E-state index in [0.29, 0.717) is 39.1 Å². The second-order valence-corrected chi connectivity index (χ2v) is 4.39. The molecule has 2 saturated heterocycles. The number of carbonyl (C=O) groups excluding carboxylic acids is 2. The van der Waals surface area contributed by atoms with Crippen molar-refractivity contribution in [3.63, 3.8) is 0 Å². The number of nitrogens with zero attached hydrogens (tertiary/aromatic N) is 2. The van der Waals surface area contributed by atoms with Crippen molar-refractivity contribution in [2.45, 2.75) is 18.9 Å². The lowest BCUT2D eigenvalue weighted by molar-refractivity contribution is -0.139. The number of likely N-dealkylation sites (tertiary alicyclic amines) is 1. The van der Waals surface area contributed by atoms with Crippen molar-refractivity contribution in [3.05, 3.63) is 0 Å². The summed E-state index contributed by atoms with van der Waals surface area (Å²) in [5.41, 5.74) is 0. The SMILES string of the molecule is O=C1CCC(=O)N1CCN1CCOCC1CO. The fourth-order valence-electron chi connectivity index (χ4n) is 2.25. The number of hydrogen-bond donors (Lipinski definition) is 1. The molecule has 96 valence electrons. The van der Waals surface area contributed by atoms with Crippen molar-refractivity contribution in [1.82, 2.24) is 9.80 Å². The number of rotatable bonds is 4. The van der Waals surface area contributed by atoms with Crippen LogP contribution >= 0.6 is 0 Å². The van der Waals surface area contributed by atoms with Crippen molar-refractivity contribution in [2.24, 2.45) is 0 Å². The van der Waals surface area contributed by atoms with Gasteiger partial charge in [-0.05, 0) is 0 Å². The first-order chi connectivity index (χ1) is 8.22. The third kappa shape index (κ3) is 2.83. The maximum Gasteiger partial charge on any atom is 0.229 e. The first-order valence-electron chi connectivity index (χ1n) is 5.98.